The first-order chi connectivity index (χ1) is 8.24. The summed E-state index contributed by atoms with van der Waals surface area (Å²) in [7, 11) is 0. The van der Waals surface area contributed by atoms with Crippen LogP contribution >= 0.6 is 0 Å². The van der Waals surface area contributed by atoms with Gasteiger partial charge in [-0.05, 0) is 18.6 Å². The molecule has 0 saturated heterocycles. The van der Waals surface area contributed by atoms with Gasteiger partial charge in [0.25, 0.3) is 5.91 Å². The summed E-state index contributed by atoms with van der Waals surface area (Å²) in [5, 5.41) is 13.7. The van der Waals surface area contributed by atoms with Crippen LogP contribution in [0.4, 0.5) is 0 Å². The summed E-state index contributed by atoms with van der Waals surface area (Å²) in [5.74, 6) is -0.262. The lowest BCUT2D eigenvalue weighted by Gasteiger charge is -2.04. The number of furan rings is 1. The third kappa shape index (κ3) is 5.17. The second-order valence-electron chi connectivity index (χ2n) is 3.41. The molecule has 17 heavy (non-hydrogen) atoms. The predicted octanol–water partition coefficient (Wildman–Crippen LogP) is -0.102. The number of hydrogen-bond acceptors (Lipinski definition) is 4. The van der Waals surface area contributed by atoms with Gasteiger partial charge in [0.2, 0.25) is 5.91 Å². The van der Waals surface area contributed by atoms with Gasteiger partial charge in [0, 0.05) is 26.1 Å². The SMILES string of the molecule is O=C(CCNC(=O)c1ccco1)NCCCO. The van der Waals surface area contributed by atoms with E-state index in [4.69, 9.17) is 9.52 Å². The van der Waals surface area contributed by atoms with Crippen LogP contribution < -0.4 is 10.6 Å². The smallest absolute Gasteiger partial charge is 0.286 e. The Bertz CT molecular complexity index is 348. The van der Waals surface area contributed by atoms with Gasteiger partial charge >= 0.3 is 0 Å². The van der Waals surface area contributed by atoms with E-state index in [-0.39, 0.29) is 37.1 Å². The van der Waals surface area contributed by atoms with Crippen molar-refractivity contribution < 1.29 is 19.1 Å². The molecule has 1 rings (SSSR count). The summed E-state index contributed by atoms with van der Waals surface area (Å²) in [4.78, 5) is 22.6. The molecule has 0 bridgehead atoms. The topological polar surface area (TPSA) is 91.6 Å². The maximum atomic E-state index is 11.4. The van der Waals surface area contributed by atoms with Gasteiger partial charge in [-0.25, -0.2) is 0 Å². The Morgan fingerprint density at radius 2 is 2.12 bits per heavy atom. The second kappa shape index (κ2) is 7.45. The van der Waals surface area contributed by atoms with Crippen molar-refractivity contribution in [3.63, 3.8) is 0 Å². The van der Waals surface area contributed by atoms with Gasteiger partial charge in [-0.2, -0.15) is 0 Å². The number of nitrogens with one attached hydrogen (secondary N) is 2. The highest BCUT2D eigenvalue weighted by Crippen LogP contribution is 1.98. The minimum atomic E-state index is -0.335. The molecule has 1 aromatic rings. The molecule has 0 aliphatic rings. The van der Waals surface area contributed by atoms with E-state index in [2.05, 4.69) is 10.6 Å². The van der Waals surface area contributed by atoms with E-state index in [0.29, 0.717) is 13.0 Å². The molecule has 6 heteroatoms. The van der Waals surface area contributed by atoms with Crippen molar-refractivity contribution in [3.8, 4) is 0 Å². The highest BCUT2D eigenvalue weighted by Gasteiger charge is 2.08. The van der Waals surface area contributed by atoms with E-state index in [1.54, 1.807) is 12.1 Å². The van der Waals surface area contributed by atoms with Gasteiger partial charge in [0.05, 0.1) is 6.26 Å². The molecular weight excluding hydrogens is 224 g/mol. The van der Waals surface area contributed by atoms with Gasteiger partial charge in [0.1, 0.15) is 0 Å². The van der Waals surface area contributed by atoms with Crippen molar-refractivity contribution in [1.82, 2.24) is 10.6 Å². The molecule has 0 spiro atoms. The van der Waals surface area contributed by atoms with Crippen LogP contribution in [0.5, 0.6) is 0 Å². The van der Waals surface area contributed by atoms with E-state index in [9.17, 15) is 9.59 Å². The lowest BCUT2D eigenvalue weighted by molar-refractivity contribution is -0.120. The zero-order valence-electron chi connectivity index (χ0n) is 9.44. The summed E-state index contributed by atoms with van der Waals surface area (Å²) in [5.41, 5.74) is 0. The van der Waals surface area contributed by atoms with Crippen LogP contribution in [0.2, 0.25) is 0 Å². The molecule has 0 saturated carbocycles. The fraction of sp³-hybridized carbons (Fsp3) is 0.455. The molecule has 0 aromatic carbocycles. The van der Waals surface area contributed by atoms with Crippen molar-refractivity contribution in [2.45, 2.75) is 12.8 Å². The monoisotopic (exact) mass is 240 g/mol. The Labute approximate surface area is 99.0 Å². The standard InChI is InChI=1S/C11H16N2O4/c14-7-2-5-12-10(15)4-6-13-11(16)9-3-1-8-17-9/h1,3,8,14H,2,4-7H2,(H,12,15)(H,13,16). The minimum absolute atomic E-state index is 0.0511. The first-order valence-corrected chi connectivity index (χ1v) is 5.43. The predicted molar refractivity (Wildman–Crippen MR) is 60.4 cm³/mol. The maximum absolute atomic E-state index is 11.4. The molecule has 0 aliphatic heterocycles. The van der Waals surface area contributed by atoms with Gasteiger partial charge in [-0.1, -0.05) is 0 Å². The second-order valence-corrected chi connectivity index (χ2v) is 3.41. The number of carbonyl (C=O) groups excluding carboxylic acids is 2. The van der Waals surface area contributed by atoms with E-state index in [1.165, 1.54) is 6.26 Å². The van der Waals surface area contributed by atoms with E-state index in [0.717, 1.165) is 0 Å². The quantitative estimate of drug-likeness (QED) is 0.580. The Balaban J connectivity index is 2.11. The number of carbonyl (C=O) groups is 2. The molecule has 0 atom stereocenters. The average molecular weight is 240 g/mol. The lowest BCUT2D eigenvalue weighted by Crippen LogP contribution is -2.31. The number of rotatable bonds is 7. The number of hydrogen-bond donors (Lipinski definition) is 3. The summed E-state index contributed by atoms with van der Waals surface area (Å²) >= 11 is 0. The Morgan fingerprint density at radius 1 is 1.29 bits per heavy atom. The molecule has 3 N–H and O–H groups in total. The van der Waals surface area contributed by atoms with Crippen molar-refractivity contribution in [3.05, 3.63) is 24.2 Å². The molecule has 0 fully saturated rings. The van der Waals surface area contributed by atoms with Crippen molar-refractivity contribution >= 4 is 11.8 Å². The Kier molecular flexibility index (Phi) is 5.81. The third-order valence-electron chi connectivity index (χ3n) is 2.04. The number of amides is 2. The highest BCUT2D eigenvalue weighted by atomic mass is 16.3. The molecule has 0 radical (unpaired) electrons. The van der Waals surface area contributed by atoms with Crippen LogP contribution in [0.1, 0.15) is 23.4 Å². The summed E-state index contributed by atoms with van der Waals surface area (Å²) in [6, 6.07) is 3.17. The van der Waals surface area contributed by atoms with Crippen LogP contribution in [-0.2, 0) is 4.79 Å². The largest absolute Gasteiger partial charge is 0.459 e. The fourth-order valence-electron chi connectivity index (χ4n) is 1.18. The molecule has 1 heterocycles. The first-order valence-electron chi connectivity index (χ1n) is 5.43. The van der Waals surface area contributed by atoms with Crippen molar-refractivity contribution in [2.75, 3.05) is 19.7 Å². The van der Waals surface area contributed by atoms with Crippen LogP contribution in [-0.4, -0.2) is 36.6 Å². The normalized spacial score (nSPS) is 9.94. The molecule has 0 aliphatic carbocycles. The fourth-order valence-corrected chi connectivity index (χ4v) is 1.18. The van der Waals surface area contributed by atoms with Crippen LogP contribution in [0.3, 0.4) is 0 Å². The molecular formula is C11H16N2O4. The number of aliphatic hydroxyl groups excluding tert-OH is 1. The highest BCUT2D eigenvalue weighted by molar-refractivity contribution is 5.91. The van der Waals surface area contributed by atoms with E-state index in [1.807, 2.05) is 0 Å². The van der Waals surface area contributed by atoms with Crippen molar-refractivity contribution in [2.24, 2.45) is 0 Å². The molecule has 2 amide bonds. The van der Waals surface area contributed by atoms with Crippen molar-refractivity contribution in [1.29, 1.82) is 0 Å². The summed E-state index contributed by atoms with van der Waals surface area (Å²) < 4.78 is 4.89. The zero-order chi connectivity index (χ0) is 12.5. The van der Waals surface area contributed by atoms with Gasteiger partial charge < -0.3 is 20.2 Å². The van der Waals surface area contributed by atoms with Crippen LogP contribution in [0.25, 0.3) is 0 Å². The van der Waals surface area contributed by atoms with E-state index >= 15 is 0 Å². The third-order valence-corrected chi connectivity index (χ3v) is 2.04. The Hall–Kier alpha value is -1.82. The Morgan fingerprint density at radius 3 is 2.76 bits per heavy atom. The summed E-state index contributed by atoms with van der Waals surface area (Å²) in [6.07, 6.45) is 2.15. The van der Waals surface area contributed by atoms with Gasteiger partial charge in [-0.3, -0.25) is 9.59 Å². The average Bonchev–Trinajstić information content (AvgIpc) is 2.82. The maximum Gasteiger partial charge on any atom is 0.286 e. The molecule has 0 unspecified atom stereocenters. The zero-order valence-corrected chi connectivity index (χ0v) is 9.44. The molecule has 6 nitrogen and oxygen atoms in total. The van der Waals surface area contributed by atoms with Gasteiger partial charge in [0.15, 0.2) is 5.76 Å². The van der Waals surface area contributed by atoms with Crippen LogP contribution in [0, 0.1) is 0 Å². The van der Waals surface area contributed by atoms with E-state index < -0.39 is 0 Å². The molecule has 94 valence electrons. The first kappa shape index (κ1) is 13.2. The lowest BCUT2D eigenvalue weighted by atomic mass is 10.3. The number of aliphatic hydroxyl groups is 1. The minimum Gasteiger partial charge on any atom is -0.459 e. The molecule has 1 aromatic heterocycles. The van der Waals surface area contributed by atoms with Gasteiger partial charge in [-0.15, -0.1) is 0 Å². The van der Waals surface area contributed by atoms with Crippen LogP contribution in [0.15, 0.2) is 22.8 Å². The summed E-state index contributed by atoms with van der Waals surface area (Å²) in [6.45, 7) is 0.751.